The van der Waals surface area contributed by atoms with E-state index in [1.54, 1.807) is 12.3 Å². The molecule has 3 atom stereocenters. The molecule has 35 heavy (non-hydrogen) atoms. The molecule has 0 bridgehead atoms. The van der Waals surface area contributed by atoms with Crippen LogP contribution in [0.4, 0.5) is 0 Å². The van der Waals surface area contributed by atoms with Crippen LogP contribution in [0.1, 0.15) is 77.0 Å². The lowest BCUT2D eigenvalue weighted by Crippen LogP contribution is -2.38. The van der Waals surface area contributed by atoms with Gasteiger partial charge in [0.05, 0.1) is 18.8 Å². The number of benzene rings is 1. The van der Waals surface area contributed by atoms with Crippen LogP contribution in [-0.4, -0.2) is 35.0 Å². The van der Waals surface area contributed by atoms with Crippen molar-refractivity contribution in [2.75, 3.05) is 6.61 Å². The molecule has 0 N–H and O–H groups in total. The fraction of sp³-hybridized carbons (Fsp3) is 0.571. The molecule has 0 amide bonds. The molecule has 2 aromatic rings. The first-order valence-electron chi connectivity index (χ1n) is 12.6. The minimum Gasteiger partial charge on any atom is -0.458 e. The van der Waals surface area contributed by atoms with Crippen LogP contribution in [0.3, 0.4) is 0 Å². The Labute approximate surface area is 212 Å². The Kier molecular flexibility index (Phi) is 8.04. The second-order valence-electron chi connectivity index (χ2n) is 10.6. The van der Waals surface area contributed by atoms with E-state index >= 15 is 0 Å². The van der Waals surface area contributed by atoms with Crippen molar-refractivity contribution in [2.24, 2.45) is 0 Å². The number of nitrogens with zero attached hydrogens (tertiary/aromatic N) is 1. The van der Waals surface area contributed by atoms with Crippen LogP contribution in [0, 0.1) is 0 Å². The smallest absolute Gasteiger partial charge is 0.329 e. The SMILES string of the molecule is CCC1Cc2ccc(Cl)cc2-c2cc(=O)n(C(C[C@@H]3CCCCO3)C(=O)OC(C)(C)C)cc2CO1. The topological polar surface area (TPSA) is 66.8 Å². The highest BCUT2D eigenvalue weighted by Crippen LogP contribution is 2.34. The molecule has 3 heterocycles. The van der Waals surface area contributed by atoms with Crippen molar-refractivity contribution in [1.29, 1.82) is 0 Å². The van der Waals surface area contributed by atoms with Crippen LogP contribution < -0.4 is 5.56 Å². The standard InChI is InChI=1S/C28H36ClNO5/c1-5-21-12-18-9-10-20(29)13-23(18)24-15-26(31)30(16-19(24)17-34-21)25(27(32)35-28(2,3)4)14-22-8-6-7-11-33-22/h9-10,13,15-16,21-22,25H,5-8,11-12,14,17H2,1-4H3/t21?,22-,25?/m0/s1. The molecule has 1 fully saturated rings. The number of esters is 1. The Hall–Kier alpha value is -2.15. The molecule has 0 saturated carbocycles. The molecular formula is C28H36ClNO5. The van der Waals surface area contributed by atoms with Crippen LogP contribution in [0.25, 0.3) is 11.1 Å². The first-order chi connectivity index (χ1) is 16.6. The maximum absolute atomic E-state index is 13.5. The molecule has 2 aliphatic rings. The Balaban J connectivity index is 1.79. The lowest BCUT2D eigenvalue weighted by molar-refractivity contribution is -0.160. The second-order valence-corrected chi connectivity index (χ2v) is 11.0. The summed E-state index contributed by atoms with van der Waals surface area (Å²) in [6.07, 6.45) is 6.70. The van der Waals surface area contributed by atoms with Gasteiger partial charge in [-0.25, -0.2) is 4.79 Å². The summed E-state index contributed by atoms with van der Waals surface area (Å²) in [6.45, 7) is 8.63. The van der Waals surface area contributed by atoms with Crippen molar-refractivity contribution < 1.29 is 19.0 Å². The first-order valence-corrected chi connectivity index (χ1v) is 13.0. The number of aromatic nitrogens is 1. The van der Waals surface area contributed by atoms with Gasteiger partial charge in [-0.15, -0.1) is 0 Å². The number of pyridine rings is 1. The minimum atomic E-state index is -0.777. The average Bonchev–Trinajstić information content (AvgIpc) is 2.80. The summed E-state index contributed by atoms with van der Waals surface area (Å²) in [6, 6.07) is 6.63. The number of rotatable bonds is 5. The van der Waals surface area contributed by atoms with E-state index in [0.29, 0.717) is 24.7 Å². The van der Waals surface area contributed by atoms with Crippen LogP contribution in [0.2, 0.25) is 5.02 Å². The third-order valence-corrected chi connectivity index (χ3v) is 6.91. The Morgan fingerprint density at radius 1 is 1.14 bits per heavy atom. The molecule has 0 radical (unpaired) electrons. The molecule has 4 rings (SSSR count). The van der Waals surface area contributed by atoms with Crippen LogP contribution in [-0.2, 0) is 32.0 Å². The van der Waals surface area contributed by atoms with Gasteiger partial charge < -0.3 is 18.8 Å². The quantitative estimate of drug-likeness (QED) is 0.480. The van der Waals surface area contributed by atoms with Gasteiger partial charge in [-0.05, 0) is 81.7 Å². The summed E-state index contributed by atoms with van der Waals surface area (Å²) in [4.78, 5) is 26.8. The predicted molar refractivity (Wildman–Crippen MR) is 137 cm³/mol. The largest absolute Gasteiger partial charge is 0.458 e. The molecule has 2 unspecified atom stereocenters. The molecule has 2 aliphatic heterocycles. The van der Waals surface area contributed by atoms with Crippen molar-refractivity contribution in [3.63, 3.8) is 0 Å². The number of hydrogen-bond donors (Lipinski definition) is 0. The third kappa shape index (κ3) is 6.35. The molecular weight excluding hydrogens is 466 g/mol. The summed E-state index contributed by atoms with van der Waals surface area (Å²) in [5.41, 5.74) is 2.78. The van der Waals surface area contributed by atoms with Crippen molar-refractivity contribution in [1.82, 2.24) is 4.57 Å². The Morgan fingerprint density at radius 2 is 1.91 bits per heavy atom. The van der Waals surface area contributed by atoms with Crippen LogP contribution >= 0.6 is 11.6 Å². The normalized spacial score (nSPS) is 21.3. The monoisotopic (exact) mass is 501 g/mol. The lowest BCUT2D eigenvalue weighted by atomic mass is 9.91. The number of carbonyl (C=O) groups excluding carboxylic acids is 1. The molecule has 1 aromatic heterocycles. The molecule has 0 spiro atoms. The molecule has 1 aromatic carbocycles. The molecule has 0 aliphatic carbocycles. The van der Waals surface area contributed by atoms with E-state index in [9.17, 15) is 9.59 Å². The zero-order valence-corrected chi connectivity index (χ0v) is 21.9. The highest BCUT2D eigenvalue weighted by Gasteiger charge is 2.32. The summed E-state index contributed by atoms with van der Waals surface area (Å²) in [5, 5.41) is 0.620. The van der Waals surface area contributed by atoms with Gasteiger partial charge in [0.1, 0.15) is 11.6 Å². The summed E-state index contributed by atoms with van der Waals surface area (Å²) in [7, 11) is 0. The van der Waals surface area contributed by atoms with E-state index in [1.807, 2.05) is 39.0 Å². The summed E-state index contributed by atoms with van der Waals surface area (Å²) in [5.74, 6) is -0.421. The zero-order valence-electron chi connectivity index (χ0n) is 21.1. The lowest BCUT2D eigenvalue weighted by Gasteiger charge is -2.30. The van der Waals surface area contributed by atoms with Gasteiger partial charge in [-0.3, -0.25) is 4.79 Å². The van der Waals surface area contributed by atoms with Gasteiger partial charge in [0.25, 0.3) is 5.56 Å². The van der Waals surface area contributed by atoms with Crippen LogP contribution in [0.15, 0.2) is 35.3 Å². The third-order valence-electron chi connectivity index (χ3n) is 6.68. The van der Waals surface area contributed by atoms with Crippen LogP contribution in [0.5, 0.6) is 0 Å². The van der Waals surface area contributed by atoms with Crippen molar-refractivity contribution in [3.8, 4) is 11.1 Å². The minimum absolute atomic E-state index is 0.0562. The Bertz CT molecular complexity index is 1110. The van der Waals surface area contributed by atoms with E-state index in [2.05, 4.69) is 6.92 Å². The molecule has 1 saturated heterocycles. The number of halogens is 1. The second kappa shape index (κ2) is 10.9. The van der Waals surface area contributed by atoms with Gasteiger partial charge >= 0.3 is 5.97 Å². The highest BCUT2D eigenvalue weighted by atomic mass is 35.5. The van der Waals surface area contributed by atoms with E-state index in [-0.39, 0.29) is 17.8 Å². The van der Waals surface area contributed by atoms with Gasteiger partial charge in [0.2, 0.25) is 0 Å². The molecule has 6 nitrogen and oxygen atoms in total. The number of carbonyl (C=O) groups is 1. The van der Waals surface area contributed by atoms with Crippen molar-refractivity contribution in [3.05, 3.63) is 57.0 Å². The molecule has 190 valence electrons. The van der Waals surface area contributed by atoms with E-state index < -0.39 is 17.6 Å². The van der Waals surface area contributed by atoms with E-state index in [0.717, 1.165) is 54.4 Å². The maximum Gasteiger partial charge on any atom is 0.329 e. The fourth-order valence-electron chi connectivity index (χ4n) is 4.89. The number of fused-ring (bicyclic) bond motifs is 3. The fourth-order valence-corrected chi connectivity index (χ4v) is 5.06. The van der Waals surface area contributed by atoms with Gasteiger partial charge in [0, 0.05) is 35.9 Å². The Morgan fingerprint density at radius 3 is 2.60 bits per heavy atom. The number of ether oxygens (including phenoxy) is 3. The number of hydrogen-bond acceptors (Lipinski definition) is 5. The zero-order chi connectivity index (χ0) is 25.2. The highest BCUT2D eigenvalue weighted by molar-refractivity contribution is 6.30. The van der Waals surface area contributed by atoms with Gasteiger partial charge in [0.15, 0.2) is 0 Å². The summed E-state index contributed by atoms with van der Waals surface area (Å²) >= 11 is 6.35. The van der Waals surface area contributed by atoms with Crippen molar-refractivity contribution >= 4 is 17.6 Å². The van der Waals surface area contributed by atoms with Crippen molar-refractivity contribution in [2.45, 2.75) is 96.7 Å². The van der Waals surface area contributed by atoms with E-state index in [4.69, 9.17) is 25.8 Å². The summed E-state index contributed by atoms with van der Waals surface area (Å²) < 4.78 is 19.4. The molecule has 7 heteroatoms. The van der Waals surface area contributed by atoms with E-state index in [1.165, 1.54) is 4.57 Å². The first kappa shape index (κ1) is 25.9. The predicted octanol–water partition coefficient (Wildman–Crippen LogP) is 5.86. The van der Waals surface area contributed by atoms with Gasteiger partial charge in [-0.1, -0.05) is 24.6 Å². The van der Waals surface area contributed by atoms with Gasteiger partial charge in [-0.2, -0.15) is 0 Å². The maximum atomic E-state index is 13.5. The average molecular weight is 502 g/mol.